The van der Waals surface area contributed by atoms with Crippen LogP contribution in [0.4, 0.5) is 5.82 Å². The molecule has 1 fully saturated rings. The third-order valence-corrected chi connectivity index (χ3v) is 8.62. The van der Waals surface area contributed by atoms with Crippen molar-refractivity contribution in [3.8, 4) is 22.8 Å². The van der Waals surface area contributed by atoms with E-state index >= 15 is 0 Å². The Morgan fingerprint density at radius 1 is 1.00 bits per heavy atom. The molecule has 0 N–H and O–H groups in total. The van der Waals surface area contributed by atoms with Crippen LogP contribution in [0.2, 0.25) is 0 Å². The molecule has 2 aromatic carbocycles. The summed E-state index contributed by atoms with van der Waals surface area (Å²) < 4.78 is 13.0. The lowest BCUT2D eigenvalue weighted by atomic mass is 9.98. The number of rotatable bonds is 6. The Hall–Kier alpha value is -3.99. The molecule has 1 atom stereocenters. The molecule has 0 radical (unpaired) electrons. The van der Waals surface area contributed by atoms with Crippen molar-refractivity contribution < 1.29 is 23.9 Å². The fourth-order valence-corrected chi connectivity index (χ4v) is 6.51. The summed E-state index contributed by atoms with van der Waals surface area (Å²) in [5.74, 6) is 1.77. The maximum absolute atomic E-state index is 13.7. The van der Waals surface area contributed by atoms with Crippen LogP contribution in [0.15, 0.2) is 48.5 Å². The number of piperazine rings is 1. The predicted molar refractivity (Wildman–Crippen MR) is 154 cm³/mol. The van der Waals surface area contributed by atoms with Gasteiger partial charge in [0.25, 0.3) is 0 Å². The lowest BCUT2D eigenvalue weighted by Crippen LogP contribution is -2.53. The molecule has 0 saturated carbocycles. The minimum atomic E-state index is -0.313. The van der Waals surface area contributed by atoms with E-state index in [2.05, 4.69) is 0 Å². The molecular weight excluding hydrogens is 530 g/mol. The molecule has 2 aliphatic heterocycles. The Kier molecular flexibility index (Phi) is 8.02. The average Bonchev–Trinajstić information content (AvgIpc) is 3.24. The quantitative estimate of drug-likeness (QED) is 0.455. The number of benzene rings is 2. The van der Waals surface area contributed by atoms with E-state index < -0.39 is 0 Å². The molecule has 11 heteroatoms. The van der Waals surface area contributed by atoms with Crippen molar-refractivity contribution in [1.29, 1.82) is 0 Å². The number of methoxy groups -OCH3 is 2. The van der Waals surface area contributed by atoms with Gasteiger partial charge in [0, 0.05) is 56.8 Å². The van der Waals surface area contributed by atoms with Crippen molar-refractivity contribution in [2.24, 2.45) is 7.05 Å². The number of carbonyl (C=O) groups excluding carboxylic acids is 3. The standard InChI is InChI=1S/C29H33N5O5S/c1-19(35)32-12-14-33(15-13-32)24(36)17-34-25(37)18-40-28(22-16-21(38-3)10-11-23(22)39-4)26-27(30-31(2)29(26)34)20-8-6-5-7-9-20/h5-11,16,28H,12-15,17-18H2,1-4H3/t28-/m0/s1. The average molecular weight is 564 g/mol. The number of anilines is 1. The molecule has 0 spiro atoms. The zero-order valence-corrected chi connectivity index (χ0v) is 23.9. The number of hydrogen-bond donors (Lipinski definition) is 0. The lowest BCUT2D eigenvalue weighted by molar-refractivity contribution is -0.137. The summed E-state index contributed by atoms with van der Waals surface area (Å²) in [6.07, 6.45) is 0. The summed E-state index contributed by atoms with van der Waals surface area (Å²) in [5.41, 5.74) is 3.35. The zero-order valence-electron chi connectivity index (χ0n) is 23.1. The van der Waals surface area contributed by atoms with Gasteiger partial charge in [-0.2, -0.15) is 5.10 Å². The summed E-state index contributed by atoms with van der Waals surface area (Å²) in [7, 11) is 5.04. The minimum absolute atomic E-state index is 0.00111. The molecule has 3 aromatic rings. The number of thioether (sulfide) groups is 1. The maximum Gasteiger partial charge on any atom is 0.242 e. The van der Waals surface area contributed by atoms with Crippen LogP contribution < -0.4 is 14.4 Å². The third-order valence-electron chi connectivity index (χ3n) is 7.38. The van der Waals surface area contributed by atoms with Crippen LogP contribution in [-0.2, 0) is 21.4 Å². The largest absolute Gasteiger partial charge is 0.497 e. The van der Waals surface area contributed by atoms with Crippen LogP contribution in [-0.4, -0.2) is 90.0 Å². The van der Waals surface area contributed by atoms with Crippen LogP contribution in [0, 0.1) is 0 Å². The van der Waals surface area contributed by atoms with Gasteiger partial charge in [-0.1, -0.05) is 30.3 Å². The normalized spacial score (nSPS) is 17.4. The monoisotopic (exact) mass is 563 g/mol. The van der Waals surface area contributed by atoms with Crippen molar-refractivity contribution in [2.75, 3.05) is 57.6 Å². The first-order chi connectivity index (χ1) is 19.3. The fourth-order valence-electron chi connectivity index (χ4n) is 5.29. The van der Waals surface area contributed by atoms with Crippen molar-refractivity contribution in [2.45, 2.75) is 12.2 Å². The third kappa shape index (κ3) is 5.25. The van der Waals surface area contributed by atoms with Crippen molar-refractivity contribution in [1.82, 2.24) is 19.6 Å². The highest BCUT2D eigenvalue weighted by Gasteiger charge is 2.38. The van der Waals surface area contributed by atoms with Gasteiger partial charge in [-0.05, 0) is 18.2 Å². The summed E-state index contributed by atoms with van der Waals surface area (Å²) in [5, 5.41) is 4.57. The van der Waals surface area contributed by atoms with Gasteiger partial charge >= 0.3 is 0 Å². The molecule has 40 heavy (non-hydrogen) atoms. The number of fused-ring (bicyclic) bond motifs is 1. The first-order valence-electron chi connectivity index (χ1n) is 13.1. The van der Waals surface area contributed by atoms with Gasteiger partial charge in [-0.3, -0.25) is 24.0 Å². The van der Waals surface area contributed by atoms with Gasteiger partial charge < -0.3 is 19.3 Å². The van der Waals surface area contributed by atoms with Gasteiger partial charge in [0.15, 0.2) is 0 Å². The fraction of sp³-hybridized carbons (Fsp3) is 0.379. The molecule has 3 heterocycles. The molecule has 0 bridgehead atoms. The summed E-state index contributed by atoms with van der Waals surface area (Å²) in [6.45, 7) is 3.27. The number of aromatic nitrogens is 2. The van der Waals surface area contributed by atoms with Crippen molar-refractivity contribution in [3.63, 3.8) is 0 Å². The molecule has 2 aliphatic rings. The Morgan fingerprint density at radius 3 is 2.35 bits per heavy atom. The van der Waals surface area contributed by atoms with Crippen LogP contribution in [0.3, 0.4) is 0 Å². The molecule has 10 nitrogen and oxygen atoms in total. The summed E-state index contributed by atoms with van der Waals surface area (Å²) in [4.78, 5) is 43.9. The number of hydrogen-bond acceptors (Lipinski definition) is 7. The van der Waals surface area contributed by atoms with Gasteiger partial charge in [0.2, 0.25) is 17.7 Å². The second-order valence-corrected chi connectivity index (χ2v) is 10.8. The molecule has 210 valence electrons. The molecule has 1 aromatic heterocycles. The van der Waals surface area contributed by atoms with E-state index in [0.29, 0.717) is 43.5 Å². The van der Waals surface area contributed by atoms with Gasteiger partial charge in [0.1, 0.15) is 23.9 Å². The van der Waals surface area contributed by atoms with Crippen LogP contribution in [0.5, 0.6) is 11.5 Å². The molecule has 1 saturated heterocycles. The predicted octanol–water partition coefficient (Wildman–Crippen LogP) is 2.96. The Labute approximate surface area is 237 Å². The van der Waals surface area contributed by atoms with Crippen molar-refractivity contribution in [3.05, 3.63) is 59.7 Å². The summed E-state index contributed by atoms with van der Waals surface area (Å²) >= 11 is 1.48. The van der Waals surface area contributed by atoms with Crippen LogP contribution in [0.1, 0.15) is 23.3 Å². The first kappa shape index (κ1) is 27.6. The summed E-state index contributed by atoms with van der Waals surface area (Å²) in [6, 6.07) is 15.5. The molecule has 5 rings (SSSR count). The molecule has 0 aliphatic carbocycles. The highest BCUT2D eigenvalue weighted by atomic mass is 32.2. The highest BCUT2D eigenvalue weighted by molar-refractivity contribution is 8.00. The second kappa shape index (κ2) is 11.6. The SMILES string of the molecule is COc1ccc(OC)c([C@@H]2SCC(=O)N(CC(=O)N3CCN(C(C)=O)CC3)c3c2c(-c2ccccc2)nn3C)c1. The van der Waals surface area contributed by atoms with Crippen LogP contribution in [0.25, 0.3) is 11.3 Å². The van der Waals surface area contributed by atoms with E-state index in [4.69, 9.17) is 14.6 Å². The van der Waals surface area contributed by atoms with E-state index in [1.54, 1.807) is 40.6 Å². The van der Waals surface area contributed by atoms with Gasteiger partial charge in [-0.25, -0.2) is 0 Å². The molecular formula is C29H33N5O5S. The zero-order chi connectivity index (χ0) is 28.4. The highest BCUT2D eigenvalue weighted by Crippen LogP contribution is 2.50. The Bertz CT molecular complexity index is 1420. The number of carbonyl (C=O) groups is 3. The Balaban J connectivity index is 1.59. The minimum Gasteiger partial charge on any atom is -0.497 e. The lowest BCUT2D eigenvalue weighted by Gasteiger charge is -2.35. The van der Waals surface area contributed by atoms with Crippen LogP contribution >= 0.6 is 11.8 Å². The number of nitrogens with zero attached hydrogens (tertiary/aromatic N) is 5. The van der Waals surface area contributed by atoms with E-state index in [-0.39, 0.29) is 35.3 Å². The first-order valence-corrected chi connectivity index (χ1v) is 14.2. The van der Waals surface area contributed by atoms with Gasteiger partial charge in [-0.15, -0.1) is 11.8 Å². The smallest absolute Gasteiger partial charge is 0.242 e. The van der Waals surface area contributed by atoms with Gasteiger partial charge in [0.05, 0.1) is 30.9 Å². The maximum atomic E-state index is 13.7. The second-order valence-electron chi connectivity index (χ2n) is 9.74. The Morgan fingerprint density at radius 2 is 1.70 bits per heavy atom. The number of ether oxygens (including phenoxy) is 2. The molecule has 3 amide bonds. The van der Waals surface area contributed by atoms with E-state index in [9.17, 15) is 14.4 Å². The molecule has 0 unspecified atom stereocenters. The van der Waals surface area contributed by atoms with E-state index in [0.717, 1.165) is 22.4 Å². The van der Waals surface area contributed by atoms with Crippen molar-refractivity contribution >= 4 is 35.3 Å². The van der Waals surface area contributed by atoms with E-state index in [1.807, 2.05) is 48.5 Å². The van der Waals surface area contributed by atoms with E-state index in [1.165, 1.54) is 18.7 Å². The number of aryl methyl sites for hydroxylation is 1. The number of amides is 3. The topological polar surface area (TPSA) is 97.2 Å².